The molecule has 2 rings (SSSR count). The standard InChI is InChI=1S/C70H117NO13/c1-3-5-7-9-11-13-15-17-19-21-22-23-24-25-26-27-28-29-30-31-32-33-34-35-36-38-40-42-44-46-48-50-52-54-62(75)71-58(59(74)53-51-49-47-45-43-41-39-37-20-18-16-14-12-10-8-6-4-2)57-81-69-67(80)65(78)68(61(56-73)83-69)84-70-66(79)64(77)63(76)60(55-72)82-70/h5,7,11,13,17,19,22-23,25-26,28-29,31-32,34-35,38,40,51,53,58-61,63-70,72-74,76-80H,3-4,6,8-10,12,14-16,18,20-21,24,27,30,33,36-37,39,41-50,52,54-57H2,1-2H3,(H,71,75)/b7-5-,13-11-,19-17-,23-22-,26-25-,29-28-,32-31-,35-34-,40-38-,53-51+. The first-order valence-corrected chi connectivity index (χ1v) is 32.8. The molecule has 2 aliphatic heterocycles. The van der Waals surface area contributed by atoms with E-state index in [9.17, 15) is 45.6 Å². The fourth-order valence-electron chi connectivity index (χ4n) is 9.93. The van der Waals surface area contributed by atoms with E-state index in [1.807, 2.05) is 6.08 Å². The molecule has 2 aliphatic rings. The Kier molecular flexibility index (Phi) is 48.8. The van der Waals surface area contributed by atoms with Gasteiger partial charge < -0.3 is 65.1 Å². The highest BCUT2D eigenvalue weighted by molar-refractivity contribution is 5.76. The van der Waals surface area contributed by atoms with Crippen LogP contribution in [0, 0.1) is 0 Å². The number of aliphatic hydroxyl groups is 8. The van der Waals surface area contributed by atoms with E-state index in [2.05, 4.69) is 129 Å². The molecule has 0 radical (unpaired) electrons. The molecule has 0 bridgehead atoms. The lowest BCUT2D eigenvalue weighted by atomic mass is 9.97. The van der Waals surface area contributed by atoms with Crippen LogP contribution in [0.1, 0.15) is 219 Å². The molecule has 9 N–H and O–H groups in total. The van der Waals surface area contributed by atoms with Gasteiger partial charge in [-0.25, -0.2) is 0 Å². The van der Waals surface area contributed by atoms with E-state index in [-0.39, 0.29) is 18.9 Å². The summed E-state index contributed by atoms with van der Waals surface area (Å²) in [6, 6.07) is -0.935. The van der Waals surface area contributed by atoms with Crippen molar-refractivity contribution < 1.29 is 64.6 Å². The number of hydrogen-bond acceptors (Lipinski definition) is 13. The number of ether oxygens (including phenoxy) is 4. The number of nitrogens with one attached hydrogen (secondary N) is 1. The first kappa shape index (κ1) is 76.5. The summed E-state index contributed by atoms with van der Waals surface area (Å²) in [4.78, 5) is 13.3. The van der Waals surface area contributed by atoms with Gasteiger partial charge in [-0.1, -0.05) is 245 Å². The molecule has 12 unspecified atom stereocenters. The molecule has 1 amide bonds. The Morgan fingerprint density at radius 1 is 0.440 bits per heavy atom. The van der Waals surface area contributed by atoms with Gasteiger partial charge >= 0.3 is 0 Å². The molecule has 2 saturated heterocycles. The summed E-state index contributed by atoms with van der Waals surface area (Å²) in [7, 11) is 0. The molecule has 14 nitrogen and oxygen atoms in total. The molecule has 2 fully saturated rings. The van der Waals surface area contributed by atoms with Gasteiger partial charge in [0.1, 0.15) is 48.8 Å². The van der Waals surface area contributed by atoms with Crippen molar-refractivity contribution in [3.63, 3.8) is 0 Å². The Balaban J connectivity index is 1.72. The van der Waals surface area contributed by atoms with Gasteiger partial charge in [0.25, 0.3) is 0 Å². The minimum Gasteiger partial charge on any atom is -0.394 e. The van der Waals surface area contributed by atoms with E-state index < -0.39 is 86.8 Å². The second-order valence-electron chi connectivity index (χ2n) is 22.5. The summed E-state index contributed by atoms with van der Waals surface area (Å²) in [5, 5.41) is 87.2. The van der Waals surface area contributed by atoms with Crippen LogP contribution in [0.4, 0.5) is 0 Å². The third kappa shape index (κ3) is 37.8. The van der Waals surface area contributed by atoms with Gasteiger partial charge in [-0.15, -0.1) is 0 Å². The molecule has 0 aromatic rings. The maximum Gasteiger partial charge on any atom is 0.220 e. The zero-order chi connectivity index (χ0) is 60.9. The smallest absolute Gasteiger partial charge is 0.220 e. The van der Waals surface area contributed by atoms with E-state index in [0.717, 1.165) is 109 Å². The zero-order valence-electron chi connectivity index (χ0n) is 51.8. The molecule has 0 aliphatic carbocycles. The molecule has 14 heteroatoms. The Hall–Kier alpha value is -3.61. The van der Waals surface area contributed by atoms with Crippen molar-refractivity contribution in [2.45, 2.75) is 293 Å². The second-order valence-corrected chi connectivity index (χ2v) is 22.5. The monoisotopic (exact) mass is 1180 g/mol. The number of amides is 1. The highest BCUT2D eigenvalue weighted by Gasteiger charge is 2.51. The molecular formula is C70H117NO13. The van der Waals surface area contributed by atoms with Crippen molar-refractivity contribution >= 4 is 5.91 Å². The predicted molar refractivity (Wildman–Crippen MR) is 341 cm³/mol. The fraction of sp³-hybridized carbons (Fsp3) is 0.700. The van der Waals surface area contributed by atoms with Gasteiger partial charge in [-0.2, -0.15) is 0 Å². The zero-order valence-corrected chi connectivity index (χ0v) is 51.8. The van der Waals surface area contributed by atoms with Crippen LogP contribution in [-0.4, -0.2) is 140 Å². The molecule has 0 aromatic heterocycles. The lowest BCUT2D eigenvalue weighted by Gasteiger charge is -2.46. The lowest BCUT2D eigenvalue weighted by Crippen LogP contribution is -2.65. The average Bonchev–Trinajstić information content (AvgIpc) is 3.17. The van der Waals surface area contributed by atoms with Gasteiger partial charge in [0, 0.05) is 6.42 Å². The Morgan fingerprint density at radius 2 is 0.821 bits per heavy atom. The maximum absolute atomic E-state index is 13.3. The van der Waals surface area contributed by atoms with Gasteiger partial charge in [0.2, 0.25) is 5.91 Å². The fourth-order valence-corrected chi connectivity index (χ4v) is 9.93. The van der Waals surface area contributed by atoms with Crippen LogP contribution in [-0.2, 0) is 23.7 Å². The van der Waals surface area contributed by atoms with E-state index in [4.69, 9.17) is 18.9 Å². The molecule has 0 aromatic carbocycles. The van der Waals surface area contributed by atoms with Crippen LogP contribution in [0.25, 0.3) is 0 Å². The van der Waals surface area contributed by atoms with Crippen LogP contribution in [0.3, 0.4) is 0 Å². The highest BCUT2D eigenvalue weighted by atomic mass is 16.7. The Bertz CT molecular complexity index is 1870. The van der Waals surface area contributed by atoms with Crippen LogP contribution in [0.15, 0.2) is 122 Å². The number of hydrogen-bond donors (Lipinski definition) is 9. The number of aliphatic hydroxyl groups excluding tert-OH is 8. The summed E-state index contributed by atoms with van der Waals surface area (Å²) >= 11 is 0. The minimum atomic E-state index is -1.80. The first-order chi connectivity index (χ1) is 41.1. The second kappa shape index (κ2) is 53.6. The highest BCUT2D eigenvalue weighted by Crippen LogP contribution is 2.30. The summed E-state index contributed by atoms with van der Waals surface area (Å²) in [5.74, 6) is -0.263. The van der Waals surface area contributed by atoms with Crippen LogP contribution in [0.2, 0.25) is 0 Å². The molecule has 84 heavy (non-hydrogen) atoms. The summed E-state index contributed by atoms with van der Waals surface area (Å²) in [5.41, 5.74) is 0. The predicted octanol–water partition coefficient (Wildman–Crippen LogP) is 12.6. The van der Waals surface area contributed by atoms with E-state index >= 15 is 0 Å². The summed E-state index contributed by atoms with van der Waals surface area (Å²) < 4.78 is 22.8. The largest absolute Gasteiger partial charge is 0.394 e. The van der Waals surface area contributed by atoms with Gasteiger partial charge in [0.15, 0.2) is 12.6 Å². The average molecular weight is 1180 g/mol. The molecular weight excluding hydrogens is 1060 g/mol. The SMILES string of the molecule is CC/C=C\C/C=C\C/C=C\C/C=C\C/C=C\C/C=C\C/C=C\C/C=C\C/C=C\CCCCCCCC(=O)NC(COC1OC(CO)C(OC2OC(CO)C(O)C(O)C2O)C(O)C1O)C(O)/C=C/CCCCCCCCCCCCCCCCC. The van der Waals surface area contributed by atoms with E-state index in [1.165, 1.54) is 83.5 Å². The van der Waals surface area contributed by atoms with Crippen molar-refractivity contribution in [3.8, 4) is 0 Å². The molecule has 12 atom stereocenters. The number of rotatable bonds is 51. The van der Waals surface area contributed by atoms with Crippen molar-refractivity contribution in [2.75, 3.05) is 19.8 Å². The summed E-state index contributed by atoms with van der Waals surface area (Å²) in [6.07, 6.45) is 60.9. The van der Waals surface area contributed by atoms with Crippen LogP contribution < -0.4 is 5.32 Å². The summed E-state index contributed by atoms with van der Waals surface area (Å²) in [6.45, 7) is 2.66. The quantitative estimate of drug-likeness (QED) is 0.0204. The van der Waals surface area contributed by atoms with E-state index in [0.29, 0.717) is 6.42 Å². The lowest BCUT2D eigenvalue weighted by molar-refractivity contribution is -0.359. The van der Waals surface area contributed by atoms with Gasteiger partial charge in [-0.3, -0.25) is 4.79 Å². The topological polar surface area (TPSA) is 228 Å². The van der Waals surface area contributed by atoms with E-state index in [1.54, 1.807) is 6.08 Å². The first-order valence-electron chi connectivity index (χ1n) is 32.8. The number of carbonyl (C=O) groups is 1. The Morgan fingerprint density at radius 3 is 1.26 bits per heavy atom. The third-order valence-electron chi connectivity index (χ3n) is 15.2. The van der Waals surface area contributed by atoms with Gasteiger partial charge in [0.05, 0.1) is 32.0 Å². The van der Waals surface area contributed by atoms with Gasteiger partial charge in [-0.05, 0) is 89.9 Å². The van der Waals surface area contributed by atoms with Crippen LogP contribution >= 0.6 is 0 Å². The number of carbonyl (C=O) groups excluding carboxylic acids is 1. The third-order valence-corrected chi connectivity index (χ3v) is 15.2. The minimum absolute atomic E-state index is 0.251. The normalized spacial score (nSPS) is 24.5. The van der Waals surface area contributed by atoms with Crippen LogP contribution in [0.5, 0.6) is 0 Å². The molecule has 2 heterocycles. The molecule has 0 saturated carbocycles. The molecule has 0 spiro atoms. The number of allylic oxidation sites excluding steroid dienone is 19. The number of unbranched alkanes of at least 4 members (excludes halogenated alkanes) is 20. The van der Waals surface area contributed by atoms with Crippen molar-refractivity contribution in [3.05, 3.63) is 122 Å². The van der Waals surface area contributed by atoms with Crippen molar-refractivity contribution in [2.24, 2.45) is 0 Å². The maximum atomic E-state index is 13.3. The Labute approximate surface area is 508 Å². The molecule has 480 valence electrons. The van der Waals surface area contributed by atoms with Crippen molar-refractivity contribution in [1.82, 2.24) is 5.32 Å². The van der Waals surface area contributed by atoms with Crippen molar-refractivity contribution in [1.29, 1.82) is 0 Å².